The van der Waals surface area contributed by atoms with Gasteiger partial charge in [-0.3, -0.25) is 9.69 Å². The van der Waals surface area contributed by atoms with E-state index in [0.717, 1.165) is 63.0 Å². The Morgan fingerprint density at radius 3 is 2.74 bits per heavy atom. The molecule has 2 unspecified atom stereocenters. The number of likely N-dealkylation sites (tertiary alicyclic amines) is 1. The van der Waals surface area contributed by atoms with Gasteiger partial charge < -0.3 is 14.8 Å². The van der Waals surface area contributed by atoms with Crippen LogP contribution in [0, 0.1) is 5.92 Å². The van der Waals surface area contributed by atoms with Gasteiger partial charge in [0.05, 0.1) is 6.10 Å². The zero-order chi connectivity index (χ0) is 22.9. The molecule has 4 atom stereocenters. The van der Waals surface area contributed by atoms with Crippen LogP contribution in [0.25, 0.3) is 0 Å². The maximum Gasteiger partial charge on any atom is 0.251 e. The lowest BCUT2D eigenvalue weighted by molar-refractivity contribution is 0.0679. The third-order valence-corrected chi connectivity index (χ3v) is 8.32. The molecule has 180 valence electrons. The Hall–Kier alpha value is -2.37. The van der Waals surface area contributed by atoms with Gasteiger partial charge in [0.15, 0.2) is 0 Å². The summed E-state index contributed by atoms with van der Waals surface area (Å²) in [7, 11) is 0. The average Bonchev–Trinajstić information content (AvgIpc) is 3.62. The highest BCUT2D eigenvalue weighted by Crippen LogP contribution is 2.38. The van der Waals surface area contributed by atoms with Gasteiger partial charge in [0.1, 0.15) is 12.4 Å². The molecule has 1 amide bonds. The van der Waals surface area contributed by atoms with Crippen molar-refractivity contribution < 1.29 is 14.3 Å². The number of piperidine rings is 1. The molecule has 2 aromatic rings. The minimum atomic E-state index is -0.000155. The fraction of sp³-hybridized carbons (Fsp3) is 0.552. The quantitative estimate of drug-likeness (QED) is 0.660. The van der Waals surface area contributed by atoms with E-state index in [9.17, 15) is 4.79 Å². The second-order valence-corrected chi connectivity index (χ2v) is 10.7. The van der Waals surface area contributed by atoms with E-state index in [4.69, 9.17) is 9.47 Å². The van der Waals surface area contributed by atoms with Crippen molar-refractivity contribution in [2.24, 2.45) is 5.92 Å². The normalized spacial score (nSPS) is 28.1. The van der Waals surface area contributed by atoms with Crippen molar-refractivity contribution in [3.63, 3.8) is 0 Å². The minimum Gasteiger partial charge on any atom is -0.491 e. The van der Waals surface area contributed by atoms with Crippen LogP contribution in [0.15, 0.2) is 42.5 Å². The summed E-state index contributed by atoms with van der Waals surface area (Å²) < 4.78 is 11.4. The van der Waals surface area contributed by atoms with Crippen molar-refractivity contribution in [2.45, 2.75) is 76.1 Å². The maximum absolute atomic E-state index is 12.8. The van der Waals surface area contributed by atoms with E-state index in [1.807, 2.05) is 24.3 Å². The first-order chi connectivity index (χ1) is 16.7. The highest BCUT2D eigenvalue weighted by molar-refractivity contribution is 5.94. The Bertz CT molecular complexity index is 1010. The zero-order valence-electron chi connectivity index (χ0n) is 20.0. The highest BCUT2D eigenvalue weighted by atomic mass is 16.5. The Kier molecular flexibility index (Phi) is 6.32. The van der Waals surface area contributed by atoms with E-state index < -0.39 is 0 Å². The molecule has 2 aliphatic heterocycles. The molecule has 3 fully saturated rings. The summed E-state index contributed by atoms with van der Waals surface area (Å²) >= 11 is 0. The van der Waals surface area contributed by atoms with E-state index >= 15 is 0 Å². The number of fused-ring (bicyclic) bond motifs is 3. The number of carbonyl (C=O) groups excluding carboxylic acids is 1. The van der Waals surface area contributed by atoms with Gasteiger partial charge in [0.2, 0.25) is 0 Å². The summed E-state index contributed by atoms with van der Waals surface area (Å²) in [6.45, 7) is 3.80. The van der Waals surface area contributed by atoms with Crippen molar-refractivity contribution in [3.8, 4) is 5.75 Å². The number of nitrogens with zero attached hydrogens (tertiary/aromatic N) is 1. The Morgan fingerprint density at radius 1 is 1.06 bits per heavy atom. The molecule has 1 saturated carbocycles. The van der Waals surface area contributed by atoms with Crippen molar-refractivity contribution in [3.05, 3.63) is 64.7 Å². The number of benzene rings is 2. The van der Waals surface area contributed by atoms with Crippen LogP contribution in [0.3, 0.4) is 0 Å². The van der Waals surface area contributed by atoms with Gasteiger partial charge in [0, 0.05) is 37.3 Å². The minimum absolute atomic E-state index is 0.000155. The van der Waals surface area contributed by atoms with E-state index in [0.29, 0.717) is 12.2 Å². The topological polar surface area (TPSA) is 50.8 Å². The van der Waals surface area contributed by atoms with E-state index in [1.165, 1.54) is 42.5 Å². The number of aryl methyl sites for hydroxylation is 1. The van der Waals surface area contributed by atoms with Gasteiger partial charge in [-0.25, -0.2) is 0 Å². The number of hydrogen-bond donors (Lipinski definition) is 1. The molecule has 0 aromatic heterocycles. The Balaban J connectivity index is 1.01. The molecule has 2 aliphatic carbocycles. The molecule has 4 aliphatic rings. The SMILES string of the molecule is O=C(N[C@H]1CCc2cc(CN3CC4CCC3C4)ccc2C1)c1ccc(OC[C@@H]2CCCO2)cc1. The standard InChI is InChI=1S/C29H36N2O3/c32-29(22-7-11-27(12-8-22)34-19-28-2-1-13-33-28)30-25-9-6-23-14-20(3-5-24(23)16-25)17-31-18-21-4-10-26(31)15-21/h3,5,7-8,11-12,14,21,25-26,28H,1-2,4,6,9-10,13,15-19H2,(H,30,32)/t21?,25-,26?,28-/m0/s1. The predicted molar refractivity (Wildman–Crippen MR) is 132 cm³/mol. The van der Waals surface area contributed by atoms with Gasteiger partial charge in [-0.2, -0.15) is 0 Å². The van der Waals surface area contributed by atoms with Gasteiger partial charge in [-0.05, 0) is 98.2 Å². The van der Waals surface area contributed by atoms with Crippen molar-refractivity contribution in [1.29, 1.82) is 0 Å². The number of ether oxygens (including phenoxy) is 2. The lowest BCUT2D eigenvalue weighted by Gasteiger charge is -2.29. The van der Waals surface area contributed by atoms with Crippen LogP contribution < -0.4 is 10.1 Å². The predicted octanol–water partition coefficient (Wildman–Crippen LogP) is 4.52. The first kappa shape index (κ1) is 22.1. The van der Waals surface area contributed by atoms with Crippen molar-refractivity contribution >= 4 is 5.91 Å². The number of amides is 1. The number of rotatable bonds is 7. The summed E-state index contributed by atoms with van der Waals surface area (Å²) in [5.74, 6) is 1.73. The van der Waals surface area contributed by atoms with E-state index in [-0.39, 0.29) is 18.1 Å². The number of carbonyl (C=O) groups is 1. The zero-order valence-corrected chi connectivity index (χ0v) is 20.0. The molecule has 5 heteroatoms. The third-order valence-electron chi connectivity index (χ3n) is 8.32. The molecule has 2 bridgehead atoms. The molecular formula is C29H36N2O3. The molecule has 2 aromatic carbocycles. The largest absolute Gasteiger partial charge is 0.491 e. The monoisotopic (exact) mass is 460 g/mol. The number of hydrogen-bond acceptors (Lipinski definition) is 4. The fourth-order valence-electron chi connectivity index (χ4n) is 6.42. The van der Waals surface area contributed by atoms with Gasteiger partial charge in [-0.15, -0.1) is 0 Å². The summed E-state index contributed by atoms with van der Waals surface area (Å²) in [5.41, 5.74) is 5.00. The highest BCUT2D eigenvalue weighted by Gasteiger charge is 2.37. The summed E-state index contributed by atoms with van der Waals surface area (Å²) in [5, 5.41) is 3.26. The van der Waals surface area contributed by atoms with E-state index in [2.05, 4.69) is 28.4 Å². The second-order valence-electron chi connectivity index (χ2n) is 10.7. The Labute approximate surface area is 202 Å². The number of nitrogens with one attached hydrogen (secondary N) is 1. The lowest BCUT2D eigenvalue weighted by atomic mass is 9.87. The van der Waals surface area contributed by atoms with Gasteiger partial charge in [0.25, 0.3) is 5.91 Å². The lowest BCUT2D eigenvalue weighted by Crippen LogP contribution is -2.39. The van der Waals surface area contributed by atoms with Crippen LogP contribution >= 0.6 is 0 Å². The molecular weight excluding hydrogens is 424 g/mol. The van der Waals surface area contributed by atoms with Crippen LogP contribution in [0.4, 0.5) is 0 Å². The van der Waals surface area contributed by atoms with Crippen LogP contribution in [0.5, 0.6) is 5.75 Å². The molecule has 34 heavy (non-hydrogen) atoms. The average molecular weight is 461 g/mol. The van der Waals surface area contributed by atoms with Crippen LogP contribution in [-0.2, 0) is 24.1 Å². The third kappa shape index (κ3) is 4.87. The van der Waals surface area contributed by atoms with Crippen LogP contribution in [-0.4, -0.2) is 48.8 Å². The second kappa shape index (κ2) is 9.71. The van der Waals surface area contributed by atoms with Crippen molar-refractivity contribution in [2.75, 3.05) is 19.8 Å². The smallest absolute Gasteiger partial charge is 0.251 e. The summed E-state index contributed by atoms with van der Waals surface area (Å²) in [6.07, 6.45) is 9.56. The summed E-state index contributed by atoms with van der Waals surface area (Å²) in [6, 6.07) is 15.5. The molecule has 6 rings (SSSR count). The van der Waals surface area contributed by atoms with Gasteiger partial charge in [-0.1, -0.05) is 18.2 Å². The van der Waals surface area contributed by atoms with E-state index in [1.54, 1.807) is 0 Å². The molecule has 2 saturated heterocycles. The molecule has 5 nitrogen and oxygen atoms in total. The Morgan fingerprint density at radius 2 is 1.97 bits per heavy atom. The summed E-state index contributed by atoms with van der Waals surface area (Å²) in [4.78, 5) is 15.5. The molecule has 0 radical (unpaired) electrons. The van der Waals surface area contributed by atoms with Crippen molar-refractivity contribution in [1.82, 2.24) is 10.2 Å². The van der Waals surface area contributed by atoms with Crippen LogP contribution in [0.2, 0.25) is 0 Å². The first-order valence-corrected chi connectivity index (χ1v) is 13.2. The molecule has 1 N–H and O–H groups in total. The fourth-order valence-corrected chi connectivity index (χ4v) is 6.42. The first-order valence-electron chi connectivity index (χ1n) is 13.2. The molecule has 2 heterocycles. The maximum atomic E-state index is 12.8. The van der Waals surface area contributed by atoms with Crippen LogP contribution in [0.1, 0.15) is 65.6 Å². The molecule has 0 spiro atoms. The van der Waals surface area contributed by atoms with Gasteiger partial charge >= 0.3 is 0 Å².